The molecular weight excluding hydrogens is 230 g/mol. The molecule has 0 spiro atoms. The quantitative estimate of drug-likeness (QED) is 0.208. The highest BCUT2D eigenvalue weighted by Crippen LogP contribution is 1.96. The van der Waals surface area contributed by atoms with Crippen molar-refractivity contribution in [2.24, 2.45) is 11.5 Å². The van der Waals surface area contributed by atoms with Crippen LogP contribution in [-0.2, 0) is 4.79 Å². The fraction of sp³-hybridized carbons (Fsp3) is 0.889. The largest absolute Gasteiger partial charge is 0.480 e. The van der Waals surface area contributed by atoms with E-state index in [1.165, 1.54) is 0 Å². The van der Waals surface area contributed by atoms with Gasteiger partial charge in [-0.1, -0.05) is 6.42 Å². The molecule has 8 nitrogen and oxygen atoms in total. The number of hydrogen-bond donors (Lipinski definition) is 6. The smallest absolute Gasteiger partial charge is 0.320 e. The Morgan fingerprint density at radius 1 is 1.12 bits per heavy atom. The molecule has 0 amide bonds. The van der Waals surface area contributed by atoms with Crippen LogP contribution in [0.25, 0.3) is 0 Å². The topological polar surface area (TPSA) is 153 Å². The zero-order valence-corrected chi connectivity index (χ0v) is 9.83. The summed E-state index contributed by atoms with van der Waals surface area (Å²) < 4.78 is 0. The molecule has 0 saturated carbocycles. The van der Waals surface area contributed by atoms with Gasteiger partial charge in [0.25, 0.3) is 0 Å². The molecule has 0 aliphatic heterocycles. The van der Waals surface area contributed by atoms with Crippen molar-refractivity contribution in [3.8, 4) is 0 Å². The van der Waals surface area contributed by atoms with Gasteiger partial charge < -0.3 is 31.9 Å². The minimum Gasteiger partial charge on any atom is -0.480 e. The van der Waals surface area contributed by atoms with E-state index in [0.29, 0.717) is 13.0 Å². The summed E-state index contributed by atoms with van der Waals surface area (Å²) in [6, 6.07) is -0.716. The summed E-state index contributed by atoms with van der Waals surface area (Å²) in [4.78, 5) is 11.2. The molecule has 0 aliphatic carbocycles. The van der Waals surface area contributed by atoms with Crippen LogP contribution in [0.2, 0.25) is 0 Å². The van der Waals surface area contributed by atoms with Crippen molar-refractivity contribution in [2.45, 2.75) is 25.3 Å². The van der Waals surface area contributed by atoms with E-state index in [2.05, 4.69) is 0 Å². The summed E-state index contributed by atoms with van der Waals surface area (Å²) in [5.41, 5.74) is 10.4. The van der Waals surface area contributed by atoms with Crippen molar-refractivity contribution < 1.29 is 25.2 Å². The summed E-state index contributed by atoms with van der Waals surface area (Å²) in [6.07, 6.45) is 2.16. The number of carboxylic acid groups (broad SMARTS) is 1. The molecule has 0 radical (unpaired) electrons. The maximum Gasteiger partial charge on any atom is 0.320 e. The van der Waals surface area contributed by atoms with Crippen LogP contribution in [0.15, 0.2) is 0 Å². The lowest BCUT2D eigenvalue weighted by Crippen LogP contribution is -2.29. The number of aliphatic hydroxyl groups excluding tert-OH is 3. The Labute approximate surface area is 100 Å². The van der Waals surface area contributed by atoms with Gasteiger partial charge in [0.15, 0.2) is 0 Å². The zero-order valence-electron chi connectivity index (χ0n) is 9.83. The Hall–Kier alpha value is -0.770. The highest BCUT2D eigenvalue weighted by Gasteiger charge is 2.09. The van der Waals surface area contributed by atoms with Gasteiger partial charge in [-0.3, -0.25) is 4.79 Å². The average Bonchev–Trinajstić information content (AvgIpc) is 2.32. The molecule has 0 aromatic rings. The first-order valence-corrected chi connectivity index (χ1v) is 5.26. The Morgan fingerprint density at radius 3 is 1.82 bits per heavy atom. The predicted molar refractivity (Wildman–Crippen MR) is 61.6 cm³/mol. The first kappa shape index (κ1) is 18.6. The van der Waals surface area contributed by atoms with Gasteiger partial charge in [0.05, 0.1) is 20.2 Å². The van der Waals surface area contributed by atoms with E-state index >= 15 is 0 Å². The molecule has 1 atom stereocenters. The molecule has 0 aromatic carbocycles. The van der Waals surface area contributed by atoms with E-state index in [-0.39, 0.29) is 20.2 Å². The SMILES string of the molecule is NCCCC[C@H](N)C(=O)O.OCN(CO)CO. The van der Waals surface area contributed by atoms with Crippen LogP contribution >= 0.6 is 0 Å². The third-order valence-electron chi connectivity index (χ3n) is 1.89. The number of aliphatic carboxylic acids is 1. The average molecular weight is 253 g/mol. The molecule has 8 N–H and O–H groups in total. The molecule has 8 heteroatoms. The van der Waals surface area contributed by atoms with E-state index in [0.717, 1.165) is 17.7 Å². The number of carboxylic acids is 1. The van der Waals surface area contributed by atoms with Crippen LogP contribution in [-0.4, -0.2) is 64.1 Å². The summed E-state index contributed by atoms with van der Waals surface area (Å²) in [6.45, 7) is -0.334. The Kier molecular flexibility index (Phi) is 14.5. The number of hydrogen-bond acceptors (Lipinski definition) is 7. The lowest BCUT2D eigenvalue weighted by molar-refractivity contribution is -0.138. The standard InChI is InChI=1S/C6H14N2O2.C3H9NO3/c7-4-2-1-3-5(8)6(9)10;5-1-4(2-6)3-7/h5H,1-4,7-8H2,(H,9,10);5-7H,1-3H2/t5-;/m0./s1. The van der Waals surface area contributed by atoms with Gasteiger partial charge in [0, 0.05) is 0 Å². The van der Waals surface area contributed by atoms with E-state index < -0.39 is 12.0 Å². The summed E-state index contributed by atoms with van der Waals surface area (Å²) in [5, 5.41) is 32.7. The highest BCUT2D eigenvalue weighted by atomic mass is 16.4. The molecule has 0 heterocycles. The van der Waals surface area contributed by atoms with Crippen molar-refractivity contribution in [2.75, 3.05) is 26.7 Å². The van der Waals surface area contributed by atoms with Gasteiger partial charge in [-0.25, -0.2) is 4.90 Å². The second-order valence-corrected chi connectivity index (χ2v) is 3.32. The molecule has 0 rings (SSSR count). The summed E-state index contributed by atoms with van der Waals surface area (Å²) in [7, 11) is 0. The Morgan fingerprint density at radius 2 is 1.59 bits per heavy atom. The van der Waals surface area contributed by atoms with Crippen LogP contribution in [0.4, 0.5) is 0 Å². The van der Waals surface area contributed by atoms with Gasteiger partial charge >= 0.3 is 5.97 Å². The minimum atomic E-state index is -0.933. The number of aliphatic hydroxyl groups is 3. The first-order chi connectivity index (χ1) is 8.03. The van der Waals surface area contributed by atoms with Crippen molar-refractivity contribution in [3.63, 3.8) is 0 Å². The summed E-state index contributed by atoms with van der Waals surface area (Å²) >= 11 is 0. The van der Waals surface area contributed by atoms with Crippen LogP contribution < -0.4 is 11.5 Å². The van der Waals surface area contributed by atoms with E-state index in [1.54, 1.807) is 0 Å². The first-order valence-electron chi connectivity index (χ1n) is 5.26. The van der Waals surface area contributed by atoms with Gasteiger partial charge in [-0.2, -0.15) is 0 Å². The molecular formula is C9H23N3O5. The van der Waals surface area contributed by atoms with Crippen molar-refractivity contribution in [1.82, 2.24) is 4.90 Å². The molecule has 0 aliphatic rings. The maximum absolute atomic E-state index is 10.1. The molecule has 0 unspecified atom stereocenters. The number of nitrogens with zero attached hydrogens (tertiary/aromatic N) is 1. The van der Waals surface area contributed by atoms with Gasteiger partial charge in [0.1, 0.15) is 6.04 Å². The molecule has 0 aromatic heterocycles. The zero-order chi connectivity index (χ0) is 13.7. The van der Waals surface area contributed by atoms with Crippen molar-refractivity contribution in [1.29, 1.82) is 0 Å². The minimum absolute atomic E-state index is 0.312. The van der Waals surface area contributed by atoms with Crippen molar-refractivity contribution >= 4 is 5.97 Å². The third-order valence-corrected chi connectivity index (χ3v) is 1.89. The van der Waals surface area contributed by atoms with Crippen LogP contribution in [0.3, 0.4) is 0 Å². The number of carbonyl (C=O) groups is 1. The second kappa shape index (κ2) is 13.3. The second-order valence-electron chi connectivity index (χ2n) is 3.32. The normalized spacial score (nSPS) is 11.9. The van der Waals surface area contributed by atoms with Crippen LogP contribution in [0.1, 0.15) is 19.3 Å². The fourth-order valence-electron chi connectivity index (χ4n) is 0.766. The molecule has 0 bridgehead atoms. The van der Waals surface area contributed by atoms with E-state index in [9.17, 15) is 4.79 Å². The van der Waals surface area contributed by atoms with Crippen LogP contribution in [0.5, 0.6) is 0 Å². The van der Waals surface area contributed by atoms with Gasteiger partial charge in [-0.15, -0.1) is 0 Å². The highest BCUT2D eigenvalue weighted by molar-refractivity contribution is 5.72. The number of unbranched alkanes of at least 4 members (excludes halogenated alkanes) is 1. The lowest BCUT2D eigenvalue weighted by Gasteiger charge is -2.09. The lowest BCUT2D eigenvalue weighted by atomic mass is 10.1. The van der Waals surface area contributed by atoms with Crippen molar-refractivity contribution in [3.05, 3.63) is 0 Å². The van der Waals surface area contributed by atoms with E-state index in [1.807, 2.05) is 0 Å². The Balaban J connectivity index is 0. The number of nitrogens with two attached hydrogens (primary N) is 2. The predicted octanol–water partition coefficient (Wildman–Crippen LogP) is -2.33. The van der Waals surface area contributed by atoms with Crippen LogP contribution in [0, 0.1) is 0 Å². The molecule has 17 heavy (non-hydrogen) atoms. The Bertz CT molecular complexity index is 173. The van der Waals surface area contributed by atoms with E-state index in [4.69, 9.17) is 31.9 Å². The fourth-order valence-corrected chi connectivity index (χ4v) is 0.766. The van der Waals surface area contributed by atoms with Gasteiger partial charge in [0.2, 0.25) is 0 Å². The molecule has 0 saturated heterocycles. The maximum atomic E-state index is 10.1. The monoisotopic (exact) mass is 253 g/mol. The number of rotatable bonds is 8. The van der Waals surface area contributed by atoms with Gasteiger partial charge in [-0.05, 0) is 19.4 Å². The molecule has 0 fully saturated rings. The summed E-state index contributed by atoms with van der Waals surface area (Å²) in [5.74, 6) is -0.933. The third kappa shape index (κ3) is 13.2. The molecule has 104 valence electrons.